The maximum absolute atomic E-state index is 14.0. The Hall–Kier alpha value is -1.20. The van der Waals surface area contributed by atoms with E-state index in [1.54, 1.807) is 0 Å². The van der Waals surface area contributed by atoms with Crippen LogP contribution in [0, 0.1) is 12.7 Å². The summed E-state index contributed by atoms with van der Waals surface area (Å²) >= 11 is 3.28. The molecular weight excluding hydrogens is 321 g/mol. The highest BCUT2D eigenvalue weighted by molar-refractivity contribution is 9.10. The van der Waals surface area contributed by atoms with Crippen molar-refractivity contribution in [1.29, 1.82) is 0 Å². The van der Waals surface area contributed by atoms with E-state index >= 15 is 0 Å². The quantitative estimate of drug-likeness (QED) is 0.906. The fraction of sp³-hybridized carbons (Fsp3) is 0.400. The van der Waals surface area contributed by atoms with Crippen molar-refractivity contribution in [2.75, 3.05) is 0 Å². The lowest BCUT2D eigenvalue weighted by atomic mass is 10.2. The van der Waals surface area contributed by atoms with Gasteiger partial charge in [0.05, 0.1) is 12.2 Å². The number of halogens is 2. The Morgan fingerprint density at radius 1 is 1.45 bits per heavy atom. The molecule has 1 saturated carbocycles. The number of aromatic nitrogens is 2. The Balaban J connectivity index is 1.79. The van der Waals surface area contributed by atoms with Gasteiger partial charge in [0.25, 0.3) is 0 Å². The van der Waals surface area contributed by atoms with E-state index in [1.165, 1.54) is 18.9 Å². The zero-order chi connectivity index (χ0) is 14.1. The van der Waals surface area contributed by atoms with Crippen molar-refractivity contribution in [2.45, 2.75) is 38.9 Å². The van der Waals surface area contributed by atoms with Crippen LogP contribution < -0.4 is 5.32 Å². The molecule has 0 saturated heterocycles. The maximum atomic E-state index is 14.0. The molecule has 2 aromatic rings. The molecule has 0 aliphatic heterocycles. The molecule has 0 atom stereocenters. The zero-order valence-corrected chi connectivity index (χ0v) is 13.0. The molecule has 1 aliphatic rings. The van der Waals surface area contributed by atoms with Crippen molar-refractivity contribution in [3.63, 3.8) is 0 Å². The van der Waals surface area contributed by atoms with Gasteiger partial charge in [-0.1, -0.05) is 22.0 Å². The van der Waals surface area contributed by atoms with Crippen molar-refractivity contribution >= 4 is 15.9 Å². The molecule has 1 aromatic heterocycles. The molecule has 1 fully saturated rings. The average Bonchev–Trinajstić information content (AvgIpc) is 3.17. The summed E-state index contributed by atoms with van der Waals surface area (Å²) in [5, 5.41) is 3.47. The lowest BCUT2D eigenvalue weighted by molar-refractivity contribution is 0.581. The van der Waals surface area contributed by atoms with Gasteiger partial charge in [-0.25, -0.2) is 9.37 Å². The van der Waals surface area contributed by atoms with Gasteiger partial charge in [-0.2, -0.15) is 0 Å². The Morgan fingerprint density at radius 2 is 2.25 bits per heavy atom. The summed E-state index contributed by atoms with van der Waals surface area (Å²) in [6, 6.07) is 5.84. The Kier molecular flexibility index (Phi) is 3.89. The highest BCUT2D eigenvalue weighted by Gasteiger charge is 2.21. The van der Waals surface area contributed by atoms with E-state index in [2.05, 4.69) is 30.8 Å². The van der Waals surface area contributed by atoms with E-state index in [9.17, 15) is 4.39 Å². The molecule has 1 aromatic carbocycles. The molecule has 3 rings (SSSR count). The van der Waals surface area contributed by atoms with Crippen molar-refractivity contribution in [3.8, 4) is 0 Å². The molecule has 0 unspecified atom stereocenters. The van der Waals surface area contributed by atoms with Crippen LogP contribution in [0.25, 0.3) is 0 Å². The number of hydrogen-bond acceptors (Lipinski definition) is 2. The fourth-order valence-electron chi connectivity index (χ4n) is 2.23. The molecule has 20 heavy (non-hydrogen) atoms. The second-order valence-electron chi connectivity index (χ2n) is 5.27. The third-order valence-electron chi connectivity index (χ3n) is 3.63. The van der Waals surface area contributed by atoms with Crippen molar-refractivity contribution in [2.24, 2.45) is 0 Å². The number of hydrogen-bond donors (Lipinski definition) is 1. The Labute approximate surface area is 126 Å². The number of imidazole rings is 1. The standard InChI is InChI=1S/C15H17BrFN3/c1-10-18-7-14(8-19-13-4-5-13)20(10)9-11-2-3-12(16)6-15(11)17/h2-3,6-7,13,19H,4-5,8-9H2,1H3. The van der Waals surface area contributed by atoms with Crippen LogP contribution in [0.5, 0.6) is 0 Å². The topological polar surface area (TPSA) is 29.9 Å². The molecule has 0 amide bonds. The van der Waals surface area contributed by atoms with Crippen LogP contribution in [0.3, 0.4) is 0 Å². The first-order chi connectivity index (χ1) is 9.63. The SMILES string of the molecule is Cc1ncc(CNC2CC2)n1Cc1ccc(Br)cc1F. The van der Waals surface area contributed by atoms with Gasteiger partial charge in [0.15, 0.2) is 0 Å². The molecule has 0 bridgehead atoms. The monoisotopic (exact) mass is 337 g/mol. The number of nitrogens with one attached hydrogen (secondary N) is 1. The van der Waals surface area contributed by atoms with E-state index in [0.717, 1.165) is 22.5 Å². The summed E-state index contributed by atoms with van der Waals surface area (Å²) in [6.45, 7) is 3.27. The van der Waals surface area contributed by atoms with Gasteiger partial charge in [0, 0.05) is 28.8 Å². The minimum Gasteiger partial charge on any atom is -0.326 e. The third kappa shape index (κ3) is 3.10. The lowest BCUT2D eigenvalue weighted by Gasteiger charge is -2.12. The van der Waals surface area contributed by atoms with Crippen LogP contribution in [0.15, 0.2) is 28.9 Å². The predicted molar refractivity (Wildman–Crippen MR) is 80.0 cm³/mol. The Morgan fingerprint density at radius 3 is 2.95 bits per heavy atom. The van der Waals surface area contributed by atoms with Crippen molar-refractivity contribution in [1.82, 2.24) is 14.9 Å². The van der Waals surface area contributed by atoms with Crippen LogP contribution in [0.2, 0.25) is 0 Å². The maximum Gasteiger partial charge on any atom is 0.129 e. The number of nitrogens with zero attached hydrogens (tertiary/aromatic N) is 2. The van der Waals surface area contributed by atoms with Gasteiger partial charge in [0.2, 0.25) is 0 Å². The highest BCUT2D eigenvalue weighted by atomic mass is 79.9. The van der Waals surface area contributed by atoms with Gasteiger partial charge < -0.3 is 9.88 Å². The summed E-state index contributed by atoms with van der Waals surface area (Å²) in [4.78, 5) is 4.35. The second kappa shape index (κ2) is 5.66. The highest BCUT2D eigenvalue weighted by Crippen LogP contribution is 2.20. The molecule has 0 spiro atoms. The van der Waals surface area contributed by atoms with Crippen LogP contribution in [-0.2, 0) is 13.1 Å². The minimum absolute atomic E-state index is 0.187. The largest absolute Gasteiger partial charge is 0.326 e. The number of aryl methyl sites for hydroxylation is 1. The lowest BCUT2D eigenvalue weighted by Crippen LogP contribution is -2.19. The molecule has 5 heteroatoms. The smallest absolute Gasteiger partial charge is 0.129 e. The van der Waals surface area contributed by atoms with Gasteiger partial charge in [-0.15, -0.1) is 0 Å². The molecule has 3 nitrogen and oxygen atoms in total. The van der Waals surface area contributed by atoms with E-state index in [4.69, 9.17) is 0 Å². The summed E-state index contributed by atoms with van der Waals surface area (Å²) in [6.07, 6.45) is 4.39. The molecule has 1 N–H and O–H groups in total. The summed E-state index contributed by atoms with van der Waals surface area (Å²) in [7, 11) is 0. The number of rotatable bonds is 5. The Bertz CT molecular complexity index is 620. The first kappa shape index (κ1) is 13.8. The molecular formula is C15H17BrFN3. The molecule has 1 heterocycles. The van der Waals surface area contributed by atoms with Gasteiger partial charge >= 0.3 is 0 Å². The van der Waals surface area contributed by atoms with Crippen LogP contribution in [0.1, 0.15) is 29.9 Å². The van der Waals surface area contributed by atoms with Crippen molar-refractivity contribution < 1.29 is 4.39 Å². The van der Waals surface area contributed by atoms with Crippen LogP contribution >= 0.6 is 15.9 Å². The molecule has 1 aliphatic carbocycles. The second-order valence-corrected chi connectivity index (χ2v) is 6.19. The third-order valence-corrected chi connectivity index (χ3v) is 4.12. The van der Waals surface area contributed by atoms with E-state index < -0.39 is 0 Å². The van der Waals surface area contributed by atoms with Gasteiger partial charge in [0.1, 0.15) is 11.6 Å². The average molecular weight is 338 g/mol. The van der Waals surface area contributed by atoms with Crippen LogP contribution in [0.4, 0.5) is 4.39 Å². The first-order valence-corrected chi connectivity index (χ1v) is 7.61. The summed E-state index contributed by atoms with van der Waals surface area (Å²) < 4.78 is 16.8. The molecule has 106 valence electrons. The fourth-order valence-corrected chi connectivity index (χ4v) is 2.56. The van der Waals surface area contributed by atoms with Gasteiger partial charge in [-0.3, -0.25) is 0 Å². The normalized spacial score (nSPS) is 14.8. The first-order valence-electron chi connectivity index (χ1n) is 6.82. The van der Waals surface area contributed by atoms with E-state index in [0.29, 0.717) is 18.2 Å². The van der Waals surface area contributed by atoms with Crippen molar-refractivity contribution in [3.05, 3.63) is 51.8 Å². The minimum atomic E-state index is -0.187. The summed E-state index contributed by atoms with van der Waals surface area (Å²) in [5.74, 6) is 0.730. The van der Waals surface area contributed by atoms with E-state index in [-0.39, 0.29) is 5.82 Å². The number of benzene rings is 1. The van der Waals surface area contributed by atoms with E-state index in [1.807, 2.05) is 25.3 Å². The molecule has 0 radical (unpaired) electrons. The predicted octanol–water partition coefficient (Wildman–Crippen LogP) is 3.39. The summed E-state index contributed by atoms with van der Waals surface area (Å²) in [5.41, 5.74) is 1.79. The van der Waals surface area contributed by atoms with Gasteiger partial charge in [-0.05, 0) is 31.9 Å². The zero-order valence-electron chi connectivity index (χ0n) is 11.4. The van der Waals surface area contributed by atoms with Crippen LogP contribution in [-0.4, -0.2) is 15.6 Å².